The van der Waals surface area contributed by atoms with E-state index in [1.54, 1.807) is 22.9 Å². The lowest BCUT2D eigenvalue weighted by Crippen LogP contribution is -2.41. The van der Waals surface area contributed by atoms with Gasteiger partial charge in [-0.15, -0.1) is 0 Å². The predicted octanol–water partition coefficient (Wildman–Crippen LogP) is 3.66. The highest BCUT2D eigenvalue weighted by Crippen LogP contribution is 2.22. The third kappa shape index (κ3) is 6.33. The molecule has 8 heteroatoms. The summed E-state index contributed by atoms with van der Waals surface area (Å²) in [5.74, 6) is 0.0829. The molecule has 162 valence electrons. The highest BCUT2D eigenvalue weighted by molar-refractivity contribution is 6.31. The second-order valence-corrected chi connectivity index (χ2v) is 7.72. The summed E-state index contributed by atoms with van der Waals surface area (Å²) < 4.78 is 7.48. The van der Waals surface area contributed by atoms with Crippen LogP contribution in [0.1, 0.15) is 39.2 Å². The number of aromatic nitrogens is 2. The number of halogens is 1. The molecular formula is C23H25ClN4O3. The van der Waals surface area contributed by atoms with Gasteiger partial charge in [-0.1, -0.05) is 23.7 Å². The van der Waals surface area contributed by atoms with Crippen LogP contribution in [0.4, 0.5) is 0 Å². The average molecular weight is 441 g/mol. The number of aryl methyl sites for hydroxylation is 4. The molecule has 2 N–H and O–H groups in total. The molecule has 3 rings (SSSR count). The van der Waals surface area contributed by atoms with Crippen LogP contribution in [0.3, 0.4) is 0 Å². The second-order valence-electron chi connectivity index (χ2n) is 7.31. The van der Waals surface area contributed by atoms with Gasteiger partial charge in [-0.05, 0) is 67.3 Å². The SMILES string of the molecule is Cc1cc(OCc2ccc(C(=O)NNC(=O)CCc3cn(C)nc3C)cc2)ccc1Cl. The minimum absolute atomic E-state index is 0.257. The molecule has 0 fully saturated rings. The summed E-state index contributed by atoms with van der Waals surface area (Å²) in [7, 11) is 1.84. The monoisotopic (exact) mass is 440 g/mol. The Morgan fingerprint density at radius 1 is 1.10 bits per heavy atom. The van der Waals surface area contributed by atoms with E-state index >= 15 is 0 Å². The summed E-state index contributed by atoms with van der Waals surface area (Å²) in [6, 6.07) is 12.5. The van der Waals surface area contributed by atoms with Crippen LogP contribution in [0.2, 0.25) is 5.02 Å². The molecule has 0 radical (unpaired) electrons. The first-order chi connectivity index (χ1) is 14.8. The molecule has 0 unspecified atom stereocenters. The van der Waals surface area contributed by atoms with Crippen molar-refractivity contribution in [1.82, 2.24) is 20.6 Å². The fraction of sp³-hybridized carbons (Fsp3) is 0.261. The van der Waals surface area contributed by atoms with Gasteiger partial charge >= 0.3 is 0 Å². The molecule has 0 atom stereocenters. The maximum Gasteiger partial charge on any atom is 0.269 e. The van der Waals surface area contributed by atoms with Crippen LogP contribution in [0.15, 0.2) is 48.7 Å². The molecule has 0 saturated heterocycles. The summed E-state index contributed by atoms with van der Waals surface area (Å²) in [5.41, 5.74) is 9.10. The molecule has 0 bridgehead atoms. The minimum atomic E-state index is -0.383. The molecule has 1 aromatic heterocycles. The number of nitrogens with zero attached hydrogens (tertiary/aromatic N) is 2. The lowest BCUT2D eigenvalue weighted by atomic mass is 10.1. The smallest absolute Gasteiger partial charge is 0.269 e. The fourth-order valence-electron chi connectivity index (χ4n) is 3.03. The van der Waals surface area contributed by atoms with Crippen molar-refractivity contribution < 1.29 is 14.3 Å². The summed E-state index contributed by atoms with van der Waals surface area (Å²) >= 11 is 6.02. The van der Waals surface area contributed by atoms with E-state index in [0.717, 1.165) is 28.1 Å². The summed E-state index contributed by atoms with van der Waals surface area (Å²) in [5, 5.41) is 4.94. The van der Waals surface area contributed by atoms with Crippen LogP contribution >= 0.6 is 11.6 Å². The Labute approximate surface area is 186 Å². The summed E-state index contributed by atoms with van der Waals surface area (Å²) in [6.45, 7) is 4.19. The van der Waals surface area contributed by atoms with Crippen molar-refractivity contribution in [3.05, 3.63) is 81.6 Å². The third-order valence-corrected chi connectivity index (χ3v) is 5.23. The van der Waals surface area contributed by atoms with Gasteiger partial charge in [-0.2, -0.15) is 5.10 Å². The molecule has 0 saturated carbocycles. The van der Waals surface area contributed by atoms with Crippen LogP contribution in [0.25, 0.3) is 0 Å². The zero-order valence-electron chi connectivity index (χ0n) is 17.7. The van der Waals surface area contributed by atoms with Crippen molar-refractivity contribution in [2.24, 2.45) is 7.05 Å². The van der Waals surface area contributed by atoms with Crippen molar-refractivity contribution >= 4 is 23.4 Å². The van der Waals surface area contributed by atoms with E-state index in [2.05, 4.69) is 16.0 Å². The predicted molar refractivity (Wildman–Crippen MR) is 119 cm³/mol. The number of carbonyl (C=O) groups is 2. The van der Waals surface area contributed by atoms with Crippen LogP contribution < -0.4 is 15.6 Å². The van der Waals surface area contributed by atoms with Gasteiger partial charge < -0.3 is 4.74 Å². The standard InChI is InChI=1S/C23H25ClN4O3/c1-15-12-20(9-10-21(15)24)31-14-17-4-6-18(7-5-17)23(30)26-25-22(29)11-8-19-13-28(3)27-16(19)2/h4-7,9-10,12-13H,8,11,14H2,1-3H3,(H,25,29)(H,26,30). The molecule has 0 aliphatic heterocycles. The highest BCUT2D eigenvalue weighted by atomic mass is 35.5. The number of carbonyl (C=O) groups excluding carboxylic acids is 2. The van der Waals surface area contributed by atoms with Gasteiger partial charge in [-0.25, -0.2) is 0 Å². The van der Waals surface area contributed by atoms with E-state index in [0.29, 0.717) is 23.6 Å². The number of hydrogen-bond donors (Lipinski definition) is 2. The topological polar surface area (TPSA) is 85.3 Å². The van der Waals surface area contributed by atoms with Crippen molar-refractivity contribution in [1.29, 1.82) is 0 Å². The quantitative estimate of drug-likeness (QED) is 0.549. The Morgan fingerprint density at radius 2 is 1.84 bits per heavy atom. The van der Waals surface area contributed by atoms with Gasteiger partial charge in [0.05, 0.1) is 5.69 Å². The van der Waals surface area contributed by atoms with Gasteiger partial charge in [0.15, 0.2) is 0 Å². The van der Waals surface area contributed by atoms with Gasteiger partial charge in [-0.3, -0.25) is 25.1 Å². The molecule has 7 nitrogen and oxygen atoms in total. The van der Waals surface area contributed by atoms with E-state index in [1.165, 1.54) is 0 Å². The summed E-state index contributed by atoms with van der Waals surface area (Å²) in [6.07, 6.45) is 2.71. The lowest BCUT2D eigenvalue weighted by Gasteiger charge is -2.09. The van der Waals surface area contributed by atoms with Crippen LogP contribution in [-0.2, 0) is 24.9 Å². The normalized spacial score (nSPS) is 10.6. The first-order valence-corrected chi connectivity index (χ1v) is 10.3. The third-order valence-electron chi connectivity index (χ3n) is 4.80. The molecule has 2 amide bonds. The average Bonchev–Trinajstić information content (AvgIpc) is 3.08. The van der Waals surface area contributed by atoms with Gasteiger partial charge in [0.25, 0.3) is 5.91 Å². The molecule has 0 spiro atoms. The molecular weight excluding hydrogens is 416 g/mol. The number of hydrogen-bond acceptors (Lipinski definition) is 4. The first kappa shape index (κ1) is 22.4. The van der Waals surface area contributed by atoms with E-state index in [4.69, 9.17) is 16.3 Å². The molecule has 0 aliphatic carbocycles. The lowest BCUT2D eigenvalue weighted by molar-refractivity contribution is -0.121. The Hall–Kier alpha value is -3.32. The maximum absolute atomic E-state index is 12.3. The largest absolute Gasteiger partial charge is 0.489 e. The first-order valence-electron chi connectivity index (χ1n) is 9.88. The van der Waals surface area contributed by atoms with Crippen molar-refractivity contribution in [3.8, 4) is 5.75 Å². The van der Waals surface area contributed by atoms with Crippen LogP contribution in [-0.4, -0.2) is 21.6 Å². The van der Waals surface area contributed by atoms with Gasteiger partial charge in [0.1, 0.15) is 12.4 Å². The Morgan fingerprint density at radius 3 is 2.48 bits per heavy atom. The molecule has 2 aromatic carbocycles. The molecule has 1 heterocycles. The number of nitrogens with one attached hydrogen (secondary N) is 2. The van der Waals surface area contributed by atoms with E-state index in [9.17, 15) is 9.59 Å². The van der Waals surface area contributed by atoms with E-state index < -0.39 is 0 Å². The second kappa shape index (κ2) is 10.1. The number of benzene rings is 2. The van der Waals surface area contributed by atoms with Gasteiger partial charge in [0, 0.05) is 30.3 Å². The van der Waals surface area contributed by atoms with Crippen LogP contribution in [0.5, 0.6) is 5.75 Å². The number of rotatable bonds is 7. The molecule has 31 heavy (non-hydrogen) atoms. The fourth-order valence-corrected chi connectivity index (χ4v) is 3.15. The van der Waals surface area contributed by atoms with E-state index in [1.807, 2.05) is 51.4 Å². The Balaban J connectivity index is 1.44. The van der Waals surface area contributed by atoms with Gasteiger partial charge in [0.2, 0.25) is 5.91 Å². The summed E-state index contributed by atoms with van der Waals surface area (Å²) in [4.78, 5) is 24.3. The Bertz CT molecular complexity index is 1080. The highest BCUT2D eigenvalue weighted by Gasteiger charge is 2.10. The number of amides is 2. The van der Waals surface area contributed by atoms with E-state index in [-0.39, 0.29) is 18.2 Å². The molecule has 0 aliphatic rings. The zero-order valence-corrected chi connectivity index (χ0v) is 18.5. The zero-order chi connectivity index (χ0) is 22.4. The number of ether oxygens (including phenoxy) is 1. The van der Waals surface area contributed by atoms with Crippen LogP contribution in [0, 0.1) is 13.8 Å². The Kier molecular flexibility index (Phi) is 7.31. The van der Waals surface area contributed by atoms with Crippen molar-refractivity contribution in [3.63, 3.8) is 0 Å². The molecule has 3 aromatic rings. The number of hydrazine groups is 1. The van der Waals surface area contributed by atoms with Crippen molar-refractivity contribution in [2.45, 2.75) is 33.3 Å². The maximum atomic E-state index is 12.3. The van der Waals surface area contributed by atoms with Crippen molar-refractivity contribution in [2.75, 3.05) is 0 Å². The minimum Gasteiger partial charge on any atom is -0.489 e.